The minimum atomic E-state index is -3.83. The van der Waals surface area contributed by atoms with Gasteiger partial charge >= 0.3 is 0 Å². The fourth-order valence-electron chi connectivity index (χ4n) is 3.91. The third kappa shape index (κ3) is 7.15. The molecule has 12 nitrogen and oxygen atoms in total. The topological polar surface area (TPSA) is 146 Å². The van der Waals surface area contributed by atoms with Crippen molar-refractivity contribution in [2.24, 2.45) is 0 Å². The summed E-state index contributed by atoms with van der Waals surface area (Å²) in [5.74, 6) is -1.44. The molecule has 0 aliphatic carbocycles. The van der Waals surface area contributed by atoms with Crippen LogP contribution >= 0.6 is 11.3 Å². The summed E-state index contributed by atoms with van der Waals surface area (Å²) in [5.41, 5.74) is 6.03. The van der Waals surface area contributed by atoms with E-state index in [0.29, 0.717) is 23.5 Å². The molecule has 0 saturated carbocycles. The Morgan fingerprint density at radius 2 is 1.66 bits per heavy atom. The number of methoxy groups -OCH3 is 2. The van der Waals surface area contributed by atoms with E-state index in [0.717, 1.165) is 17.0 Å². The normalized spacial score (nSPS) is 13.7. The van der Waals surface area contributed by atoms with Crippen molar-refractivity contribution < 1.29 is 32.3 Å². The van der Waals surface area contributed by atoms with Gasteiger partial charge in [0.1, 0.15) is 5.00 Å². The first kappa shape index (κ1) is 29.7. The molecule has 3 N–H and O–H groups in total. The number of rotatable bonds is 11. The molecule has 0 unspecified atom stereocenters. The van der Waals surface area contributed by atoms with Gasteiger partial charge < -0.3 is 19.7 Å². The van der Waals surface area contributed by atoms with Crippen molar-refractivity contribution in [1.29, 1.82) is 0 Å². The average molecular weight is 568 g/mol. The number of fused-ring (bicyclic) bond motifs is 1. The van der Waals surface area contributed by atoms with Gasteiger partial charge in [-0.25, -0.2) is 8.42 Å². The van der Waals surface area contributed by atoms with Crippen molar-refractivity contribution in [3.63, 3.8) is 0 Å². The van der Waals surface area contributed by atoms with E-state index in [1.807, 2.05) is 7.05 Å². The third-order valence-electron chi connectivity index (χ3n) is 5.90. The Morgan fingerprint density at radius 3 is 2.24 bits per heavy atom. The monoisotopic (exact) mass is 567 g/mol. The number of nitrogens with zero attached hydrogens (tertiary/aromatic N) is 2. The molecule has 0 radical (unpaired) electrons. The van der Waals surface area contributed by atoms with Crippen LogP contribution < -0.4 is 16.2 Å². The standard InChI is InChI=1S/C24H33N5O7S2/c1-16(30)26-27-23(32)21-19-9-10-28(2)15-20(19)37-24(21)25-22(31)17-5-7-18(8-6-17)38(33,34)29(11-13-35-3)12-14-36-4/h5-8H,9-15H2,1-4H3,(H,25,31)(H,26,30)(H,27,32). The highest BCUT2D eigenvalue weighted by molar-refractivity contribution is 7.89. The fraction of sp³-hybridized carbons (Fsp3) is 0.458. The number of hydrogen-bond donors (Lipinski definition) is 3. The smallest absolute Gasteiger partial charge is 0.272 e. The van der Waals surface area contributed by atoms with Crippen molar-refractivity contribution in [3.8, 4) is 0 Å². The Kier molecular flexibility index (Phi) is 10.4. The second-order valence-electron chi connectivity index (χ2n) is 8.70. The van der Waals surface area contributed by atoms with Gasteiger partial charge in [0, 0.05) is 57.8 Å². The van der Waals surface area contributed by atoms with Gasteiger partial charge in [0.2, 0.25) is 15.9 Å². The highest BCUT2D eigenvalue weighted by Gasteiger charge is 2.29. The number of carbonyl (C=O) groups excluding carboxylic acids is 3. The summed E-state index contributed by atoms with van der Waals surface area (Å²) in [7, 11) is 1.12. The number of anilines is 1. The highest BCUT2D eigenvalue weighted by atomic mass is 32.2. The zero-order valence-electron chi connectivity index (χ0n) is 21.8. The predicted molar refractivity (Wildman–Crippen MR) is 143 cm³/mol. The van der Waals surface area contributed by atoms with Crippen LogP contribution in [0.25, 0.3) is 0 Å². The van der Waals surface area contributed by atoms with Crippen LogP contribution in [0.5, 0.6) is 0 Å². The number of sulfonamides is 1. The van der Waals surface area contributed by atoms with Gasteiger partial charge in [0.25, 0.3) is 11.8 Å². The molecule has 38 heavy (non-hydrogen) atoms. The summed E-state index contributed by atoms with van der Waals surface area (Å²) in [6, 6.07) is 5.59. The van der Waals surface area contributed by atoms with Crippen LogP contribution in [-0.2, 0) is 37.3 Å². The fourth-order valence-corrected chi connectivity index (χ4v) is 6.64. The third-order valence-corrected chi connectivity index (χ3v) is 8.94. The largest absolute Gasteiger partial charge is 0.383 e. The van der Waals surface area contributed by atoms with E-state index in [2.05, 4.69) is 21.1 Å². The van der Waals surface area contributed by atoms with Gasteiger partial charge in [0.05, 0.1) is 23.7 Å². The van der Waals surface area contributed by atoms with Crippen LogP contribution in [0.4, 0.5) is 5.00 Å². The average Bonchev–Trinajstić information content (AvgIpc) is 3.23. The Bertz CT molecular complexity index is 1250. The van der Waals surface area contributed by atoms with E-state index in [1.165, 1.54) is 61.1 Å². The molecule has 208 valence electrons. The van der Waals surface area contributed by atoms with Crippen LogP contribution in [0, 0.1) is 0 Å². The number of ether oxygens (including phenoxy) is 2. The quantitative estimate of drug-likeness (QED) is 0.342. The number of likely N-dealkylation sites (N-methyl/N-ethyl adjacent to an activating group) is 1. The molecule has 1 aliphatic heterocycles. The molecule has 0 saturated heterocycles. The number of hydrazine groups is 1. The van der Waals surface area contributed by atoms with Crippen LogP contribution in [0.3, 0.4) is 0 Å². The SMILES string of the molecule is COCCN(CCOC)S(=O)(=O)c1ccc(C(=O)Nc2sc3c(c2C(=O)NNC(C)=O)CCN(C)C3)cc1. The molecule has 0 atom stereocenters. The van der Waals surface area contributed by atoms with Crippen molar-refractivity contribution in [1.82, 2.24) is 20.1 Å². The summed E-state index contributed by atoms with van der Waals surface area (Å²) in [5, 5.41) is 3.16. The molecule has 14 heteroatoms. The maximum Gasteiger partial charge on any atom is 0.272 e. The molecule has 1 aliphatic rings. The molecule has 0 spiro atoms. The second-order valence-corrected chi connectivity index (χ2v) is 11.7. The van der Waals surface area contributed by atoms with E-state index < -0.39 is 27.7 Å². The Labute approximate surface area is 226 Å². The molecule has 1 aromatic carbocycles. The van der Waals surface area contributed by atoms with Crippen molar-refractivity contribution in [3.05, 3.63) is 45.8 Å². The Hall–Kier alpha value is -2.88. The first-order chi connectivity index (χ1) is 18.1. The number of amides is 3. The predicted octanol–water partition coefficient (Wildman–Crippen LogP) is 1.05. The van der Waals surface area contributed by atoms with E-state index in [-0.39, 0.29) is 36.8 Å². The van der Waals surface area contributed by atoms with Crippen molar-refractivity contribution >= 4 is 44.1 Å². The minimum Gasteiger partial charge on any atom is -0.383 e. The number of nitrogens with one attached hydrogen (secondary N) is 3. The number of benzene rings is 1. The van der Waals surface area contributed by atoms with Crippen LogP contribution in [-0.4, -0.2) is 89.5 Å². The summed E-state index contributed by atoms with van der Waals surface area (Å²) in [6.07, 6.45) is 0.621. The summed E-state index contributed by atoms with van der Waals surface area (Å²) >= 11 is 1.30. The first-order valence-electron chi connectivity index (χ1n) is 11.9. The number of thiophene rings is 1. The molecule has 2 heterocycles. The summed E-state index contributed by atoms with van der Waals surface area (Å²) in [4.78, 5) is 40.4. The second kappa shape index (κ2) is 13.3. The summed E-state index contributed by atoms with van der Waals surface area (Å²) in [6.45, 7) is 3.42. The summed E-state index contributed by atoms with van der Waals surface area (Å²) < 4.78 is 37.6. The van der Waals surface area contributed by atoms with Crippen LogP contribution in [0.15, 0.2) is 29.2 Å². The van der Waals surface area contributed by atoms with Crippen molar-refractivity contribution in [2.75, 3.05) is 59.4 Å². The maximum absolute atomic E-state index is 13.1. The molecule has 0 bridgehead atoms. The van der Waals surface area contributed by atoms with E-state index in [1.54, 1.807) is 0 Å². The molecular weight excluding hydrogens is 534 g/mol. The van der Waals surface area contributed by atoms with Gasteiger partial charge in [-0.3, -0.25) is 25.2 Å². The van der Waals surface area contributed by atoms with Crippen LogP contribution in [0.1, 0.15) is 38.1 Å². The van der Waals surface area contributed by atoms with Gasteiger partial charge in [-0.05, 0) is 43.3 Å². The molecule has 2 aromatic rings. The Morgan fingerprint density at radius 1 is 1.03 bits per heavy atom. The lowest BCUT2D eigenvalue weighted by Gasteiger charge is -2.22. The number of carbonyl (C=O) groups is 3. The molecule has 1 aromatic heterocycles. The lowest BCUT2D eigenvalue weighted by Crippen LogP contribution is -2.41. The highest BCUT2D eigenvalue weighted by Crippen LogP contribution is 2.37. The van der Waals surface area contributed by atoms with E-state index in [4.69, 9.17) is 9.47 Å². The Balaban J connectivity index is 1.83. The molecule has 0 fully saturated rings. The molecule has 3 amide bonds. The van der Waals surface area contributed by atoms with Gasteiger partial charge in [0.15, 0.2) is 0 Å². The van der Waals surface area contributed by atoms with Crippen LogP contribution in [0.2, 0.25) is 0 Å². The lowest BCUT2D eigenvalue weighted by atomic mass is 10.0. The van der Waals surface area contributed by atoms with Gasteiger partial charge in [-0.15, -0.1) is 11.3 Å². The molecular formula is C24H33N5O7S2. The maximum atomic E-state index is 13.1. The number of hydrogen-bond acceptors (Lipinski definition) is 9. The lowest BCUT2D eigenvalue weighted by molar-refractivity contribution is -0.119. The van der Waals surface area contributed by atoms with Gasteiger partial charge in [-0.2, -0.15) is 4.31 Å². The van der Waals surface area contributed by atoms with E-state index in [9.17, 15) is 22.8 Å². The zero-order valence-corrected chi connectivity index (χ0v) is 23.5. The van der Waals surface area contributed by atoms with Crippen molar-refractivity contribution in [2.45, 2.75) is 24.8 Å². The minimum absolute atomic E-state index is 0.0336. The molecule has 3 rings (SSSR count). The zero-order chi connectivity index (χ0) is 27.9. The van der Waals surface area contributed by atoms with Gasteiger partial charge in [-0.1, -0.05) is 0 Å². The first-order valence-corrected chi connectivity index (χ1v) is 14.1. The van der Waals surface area contributed by atoms with E-state index >= 15 is 0 Å².